The summed E-state index contributed by atoms with van der Waals surface area (Å²) < 4.78 is 0. The Balaban J connectivity index is 2.31. The molecule has 0 fully saturated rings. The lowest BCUT2D eigenvalue weighted by molar-refractivity contribution is 0.665. The highest BCUT2D eigenvalue weighted by Crippen LogP contribution is 2.07. The van der Waals surface area contributed by atoms with E-state index in [2.05, 4.69) is 22.6 Å². The van der Waals surface area contributed by atoms with Crippen molar-refractivity contribution in [1.29, 1.82) is 0 Å². The normalized spacial score (nSPS) is 10.5. The number of nitrogens with two attached hydrogens (primary N) is 1. The lowest BCUT2D eigenvalue weighted by atomic mass is 10.4. The fourth-order valence-corrected chi connectivity index (χ4v) is 1.59. The third-order valence-electron chi connectivity index (χ3n) is 1.51. The van der Waals surface area contributed by atoms with Crippen LogP contribution in [0.3, 0.4) is 0 Å². The van der Waals surface area contributed by atoms with Crippen LogP contribution in [0.2, 0.25) is 0 Å². The Morgan fingerprint density at radius 2 is 2.50 bits per heavy atom. The van der Waals surface area contributed by atoms with Gasteiger partial charge in [-0.25, -0.2) is 4.98 Å². The Hall–Kier alpha value is -0.450. The van der Waals surface area contributed by atoms with E-state index in [9.17, 15) is 0 Å². The molecule has 0 aliphatic rings. The quantitative estimate of drug-likeness (QED) is 0.675. The van der Waals surface area contributed by atoms with E-state index >= 15 is 0 Å². The molecule has 0 saturated heterocycles. The summed E-state index contributed by atoms with van der Waals surface area (Å²) in [6.07, 6.45) is 1.16. The Kier molecular flexibility index (Phi) is 4.21. The Morgan fingerprint density at radius 1 is 1.67 bits per heavy atom. The first-order chi connectivity index (χ1) is 5.86. The van der Waals surface area contributed by atoms with Crippen molar-refractivity contribution in [3.05, 3.63) is 16.1 Å². The first-order valence-corrected chi connectivity index (χ1v) is 5.08. The molecule has 3 N–H and O–H groups in total. The average Bonchev–Trinajstić information content (AvgIpc) is 2.53. The van der Waals surface area contributed by atoms with Gasteiger partial charge >= 0.3 is 0 Å². The van der Waals surface area contributed by atoms with Crippen molar-refractivity contribution < 1.29 is 0 Å². The zero-order valence-corrected chi connectivity index (χ0v) is 8.16. The van der Waals surface area contributed by atoms with Crippen LogP contribution in [-0.2, 0) is 13.1 Å². The van der Waals surface area contributed by atoms with Crippen LogP contribution in [0.4, 0.5) is 0 Å². The van der Waals surface area contributed by atoms with Crippen molar-refractivity contribution >= 4 is 11.3 Å². The van der Waals surface area contributed by atoms with Gasteiger partial charge in [0.2, 0.25) is 0 Å². The average molecular weight is 185 g/mol. The predicted octanol–water partition coefficient (Wildman–Crippen LogP) is 1.10. The lowest BCUT2D eigenvalue weighted by Crippen LogP contribution is -2.14. The maximum absolute atomic E-state index is 5.45. The molecule has 0 saturated carbocycles. The van der Waals surface area contributed by atoms with Gasteiger partial charge in [-0.05, 0) is 13.0 Å². The van der Waals surface area contributed by atoms with E-state index in [-0.39, 0.29) is 0 Å². The number of nitrogens with one attached hydrogen (secondary N) is 1. The fraction of sp³-hybridized carbons (Fsp3) is 0.625. The monoisotopic (exact) mass is 185 g/mol. The Bertz CT molecular complexity index is 222. The molecule has 0 atom stereocenters. The van der Waals surface area contributed by atoms with Crippen molar-refractivity contribution in [3.63, 3.8) is 0 Å². The van der Waals surface area contributed by atoms with Crippen LogP contribution in [0, 0.1) is 0 Å². The largest absolute Gasteiger partial charge is 0.325 e. The summed E-state index contributed by atoms with van der Waals surface area (Å²) in [6.45, 7) is 4.62. The molecule has 0 amide bonds. The molecule has 1 rings (SSSR count). The minimum absolute atomic E-state index is 0.554. The molecule has 0 bridgehead atoms. The van der Waals surface area contributed by atoms with Gasteiger partial charge in [-0.3, -0.25) is 0 Å². The Labute approximate surface area is 77.0 Å². The van der Waals surface area contributed by atoms with E-state index in [1.807, 2.05) is 0 Å². The highest BCUT2D eigenvalue weighted by Gasteiger charge is 1.98. The number of hydrogen-bond acceptors (Lipinski definition) is 4. The smallest absolute Gasteiger partial charge is 0.106 e. The fourth-order valence-electron chi connectivity index (χ4n) is 0.917. The molecule has 0 unspecified atom stereocenters. The molecule has 12 heavy (non-hydrogen) atoms. The van der Waals surface area contributed by atoms with Gasteiger partial charge in [-0.1, -0.05) is 6.92 Å². The standard InChI is InChI=1S/C8H15N3S/c1-2-3-10-5-7-6-12-8(4-9)11-7/h6,10H,2-5,9H2,1H3. The number of hydrogen-bond donors (Lipinski definition) is 2. The number of aromatic nitrogens is 1. The summed E-state index contributed by atoms with van der Waals surface area (Å²) in [5.74, 6) is 0. The number of rotatable bonds is 5. The summed E-state index contributed by atoms with van der Waals surface area (Å²) in [6, 6.07) is 0. The second-order valence-electron chi connectivity index (χ2n) is 2.61. The number of thiazole rings is 1. The topological polar surface area (TPSA) is 50.9 Å². The second-order valence-corrected chi connectivity index (χ2v) is 3.56. The summed E-state index contributed by atoms with van der Waals surface area (Å²) in [4.78, 5) is 4.33. The molecular formula is C8H15N3S. The molecule has 1 heterocycles. The maximum atomic E-state index is 5.45. The molecule has 0 aromatic carbocycles. The molecule has 0 aliphatic heterocycles. The van der Waals surface area contributed by atoms with E-state index < -0.39 is 0 Å². The molecule has 68 valence electrons. The molecule has 4 heteroatoms. The molecular weight excluding hydrogens is 170 g/mol. The summed E-state index contributed by atoms with van der Waals surface area (Å²) in [5.41, 5.74) is 6.55. The SMILES string of the molecule is CCCNCc1csc(CN)n1. The molecule has 1 aromatic heterocycles. The second kappa shape index (κ2) is 5.24. The van der Waals surface area contributed by atoms with Crippen molar-refractivity contribution in [2.24, 2.45) is 5.73 Å². The van der Waals surface area contributed by atoms with Crippen LogP contribution in [0.25, 0.3) is 0 Å². The summed E-state index contributed by atoms with van der Waals surface area (Å²) >= 11 is 1.63. The highest BCUT2D eigenvalue weighted by atomic mass is 32.1. The molecule has 1 aromatic rings. The van der Waals surface area contributed by atoms with Crippen LogP contribution >= 0.6 is 11.3 Å². The third-order valence-corrected chi connectivity index (χ3v) is 2.43. The van der Waals surface area contributed by atoms with Crippen LogP contribution in [0.15, 0.2) is 5.38 Å². The van der Waals surface area contributed by atoms with E-state index in [4.69, 9.17) is 5.73 Å². The van der Waals surface area contributed by atoms with Crippen LogP contribution in [-0.4, -0.2) is 11.5 Å². The van der Waals surface area contributed by atoms with Gasteiger partial charge in [-0.15, -0.1) is 11.3 Å². The van der Waals surface area contributed by atoms with E-state index in [0.29, 0.717) is 6.54 Å². The van der Waals surface area contributed by atoms with Gasteiger partial charge in [-0.2, -0.15) is 0 Å². The van der Waals surface area contributed by atoms with E-state index in [1.54, 1.807) is 11.3 Å². The van der Waals surface area contributed by atoms with Crippen molar-refractivity contribution in [1.82, 2.24) is 10.3 Å². The van der Waals surface area contributed by atoms with Crippen molar-refractivity contribution in [2.75, 3.05) is 6.54 Å². The van der Waals surface area contributed by atoms with Gasteiger partial charge in [0.05, 0.1) is 5.69 Å². The maximum Gasteiger partial charge on any atom is 0.106 e. The van der Waals surface area contributed by atoms with Gasteiger partial charge in [0, 0.05) is 18.5 Å². The lowest BCUT2D eigenvalue weighted by Gasteiger charge is -1.97. The van der Waals surface area contributed by atoms with Gasteiger partial charge in [0.15, 0.2) is 0 Å². The zero-order valence-electron chi connectivity index (χ0n) is 7.34. The minimum Gasteiger partial charge on any atom is -0.325 e. The van der Waals surface area contributed by atoms with Gasteiger partial charge < -0.3 is 11.1 Å². The predicted molar refractivity (Wildman–Crippen MR) is 52.0 cm³/mol. The summed E-state index contributed by atoms with van der Waals surface area (Å²) in [7, 11) is 0. The first-order valence-electron chi connectivity index (χ1n) is 4.21. The van der Waals surface area contributed by atoms with E-state index in [0.717, 1.165) is 30.2 Å². The molecule has 0 spiro atoms. The molecule has 0 radical (unpaired) electrons. The molecule has 3 nitrogen and oxygen atoms in total. The van der Waals surface area contributed by atoms with Gasteiger partial charge in [0.1, 0.15) is 5.01 Å². The molecule has 0 aliphatic carbocycles. The van der Waals surface area contributed by atoms with Crippen LogP contribution < -0.4 is 11.1 Å². The van der Waals surface area contributed by atoms with Crippen molar-refractivity contribution in [2.45, 2.75) is 26.4 Å². The zero-order chi connectivity index (χ0) is 8.81. The van der Waals surface area contributed by atoms with E-state index in [1.165, 1.54) is 0 Å². The Morgan fingerprint density at radius 3 is 3.08 bits per heavy atom. The number of nitrogens with zero attached hydrogens (tertiary/aromatic N) is 1. The first kappa shape index (κ1) is 9.64. The highest BCUT2D eigenvalue weighted by molar-refractivity contribution is 7.09. The summed E-state index contributed by atoms with van der Waals surface area (Å²) in [5, 5.41) is 6.37. The van der Waals surface area contributed by atoms with Crippen LogP contribution in [0.5, 0.6) is 0 Å². The third kappa shape index (κ3) is 2.89. The van der Waals surface area contributed by atoms with Crippen molar-refractivity contribution in [3.8, 4) is 0 Å². The van der Waals surface area contributed by atoms with Crippen LogP contribution in [0.1, 0.15) is 24.0 Å². The van der Waals surface area contributed by atoms with Gasteiger partial charge in [0.25, 0.3) is 0 Å². The minimum atomic E-state index is 0.554.